The largest absolute Gasteiger partial charge is 0.324 e. The predicted molar refractivity (Wildman–Crippen MR) is 144 cm³/mol. The number of fused-ring (bicyclic) bond motifs is 1. The SMILES string of the molecule is CCC1CCC(S(=O)(=O)c2ccc(Nc3ncc4cc(C)c(=O)n(C5CCCC5)c4n3)c(C)c2)CC1. The zero-order chi connectivity index (χ0) is 25.4. The highest BCUT2D eigenvalue weighted by Gasteiger charge is 2.32. The van der Waals surface area contributed by atoms with Crippen molar-refractivity contribution in [2.45, 2.75) is 94.7 Å². The third kappa shape index (κ3) is 4.67. The van der Waals surface area contributed by atoms with E-state index in [1.807, 2.05) is 24.5 Å². The van der Waals surface area contributed by atoms with Crippen LogP contribution in [0.4, 0.5) is 11.6 Å². The standard InChI is InChI=1S/C28H36N4O3S/c1-4-20-9-11-23(12-10-20)36(34,35)24-13-14-25(18(2)16-24)30-28-29-17-21-15-19(3)27(33)32(26(21)31-28)22-7-5-6-8-22/h13-17,20,22-23H,4-12H2,1-3H3,(H,29,30,31). The molecule has 0 atom stereocenters. The Morgan fingerprint density at radius 3 is 2.39 bits per heavy atom. The van der Waals surface area contributed by atoms with Crippen molar-refractivity contribution in [3.8, 4) is 0 Å². The van der Waals surface area contributed by atoms with Crippen LogP contribution in [-0.2, 0) is 9.84 Å². The van der Waals surface area contributed by atoms with Crippen LogP contribution in [0.1, 0.15) is 81.9 Å². The molecule has 0 amide bonds. The van der Waals surface area contributed by atoms with Gasteiger partial charge in [-0.15, -0.1) is 0 Å². The molecule has 2 saturated carbocycles. The molecule has 2 aromatic heterocycles. The van der Waals surface area contributed by atoms with E-state index in [9.17, 15) is 13.2 Å². The van der Waals surface area contributed by atoms with Gasteiger partial charge in [-0.2, -0.15) is 4.98 Å². The van der Waals surface area contributed by atoms with Crippen LogP contribution in [0.15, 0.2) is 40.2 Å². The second-order valence-electron chi connectivity index (χ2n) is 10.6. The minimum Gasteiger partial charge on any atom is -0.324 e. The third-order valence-electron chi connectivity index (χ3n) is 8.22. The number of benzene rings is 1. The van der Waals surface area contributed by atoms with Crippen LogP contribution in [0.5, 0.6) is 0 Å². The molecule has 2 aliphatic carbocycles. The van der Waals surface area contributed by atoms with Gasteiger partial charge in [-0.05, 0) is 88.1 Å². The van der Waals surface area contributed by atoms with Gasteiger partial charge < -0.3 is 5.32 Å². The molecule has 0 radical (unpaired) electrons. The third-order valence-corrected chi connectivity index (χ3v) is 10.5. The summed E-state index contributed by atoms with van der Waals surface area (Å²) in [4.78, 5) is 22.6. The summed E-state index contributed by atoms with van der Waals surface area (Å²) in [6.45, 7) is 5.92. The summed E-state index contributed by atoms with van der Waals surface area (Å²) < 4.78 is 28.4. The molecule has 3 aromatic rings. The van der Waals surface area contributed by atoms with Crippen LogP contribution in [0.25, 0.3) is 11.0 Å². The Morgan fingerprint density at radius 2 is 1.72 bits per heavy atom. The summed E-state index contributed by atoms with van der Waals surface area (Å²) in [6.07, 6.45) is 10.6. The summed E-state index contributed by atoms with van der Waals surface area (Å²) in [6, 6.07) is 7.26. The Balaban J connectivity index is 1.42. The number of hydrogen-bond donors (Lipinski definition) is 1. The highest BCUT2D eigenvalue weighted by atomic mass is 32.2. The molecular formula is C28H36N4O3S. The number of sulfone groups is 1. The Labute approximate surface area is 213 Å². The van der Waals surface area contributed by atoms with E-state index in [1.165, 1.54) is 0 Å². The molecule has 0 saturated heterocycles. The van der Waals surface area contributed by atoms with Crippen molar-refractivity contribution in [3.05, 3.63) is 51.9 Å². The normalized spacial score (nSPS) is 21.2. The van der Waals surface area contributed by atoms with Crippen molar-refractivity contribution < 1.29 is 8.42 Å². The molecular weight excluding hydrogens is 472 g/mol. The van der Waals surface area contributed by atoms with Crippen LogP contribution in [-0.4, -0.2) is 28.2 Å². The zero-order valence-electron chi connectivity index (χ0n) is 21.5. The molecule has 7 nitrogen and oxygen atoms in total. The van der Waals surface area contributed by atoms with Gasteiger partial charge in [-0.25, -0.2) is 13.4 Å². The van der Waals surface area contributed by atoms with Gasteiger partial charge >= 0.3 is 0 Å². The van der Waals surface area contributed by atoms with E-state index in [0.29, 0.717) is 28.0 Å². The van der Waals surface area contributed by atoms with Crippen molar-refractivity contribution in [1.29, 1.82) is 0 Å². The number of aryl methyl sites for hydroxylation is 2. The summed E-state index contributed by atoms with van der Waals surface area (Å²) in [5.41, 5.74) is 2.94. The summed E-state index contributed by atoms with van der Waals surface area (Å²) in [5.74, 6) is 1.05. The summed E-state index contributed by atoms with van der Waals surface area (Å²) >= 11 is 0. The maximum absolute atomic E-state index is 13.3. The molecule has 0 unspecified atom stereocenters. The van der Waals surface area contributed by atoms with E-state index in [2.05, 4.69) is 17.2 Å². The quantitative estimate of drug-likeness (QED) is 0.438. The van der Waals surface area contributed by atoms with E-state index < -0.39 is 9.84 Å². The first-order valence-corrected chi connectivity index (χ1v) is 14.8. The molecule has 8 heteroatoms. The maximum Gasteiger partial charge on any atom is 0.255 e. The molecule has 2 fully saturated rings. The molecule has 192 valence electrons. The van der Waals surface area contributed by atoms with Crippen molar-refractivity contribution in [2.24, 2.45) is 5.92 Å². The number of rotatable bonds is 6. The Bertz CT molecular complexity index is 1430. The van der Waals surface area contributed by atoms with Gasteiger partial charge in [0.2, 0.25) is 5.95 Å². The average molecular weight is 509 g/mol. The first-order chi connectivity index (χ1) is 17.3. The monoisotopic (exact) mass is 508 g/mol. The van der Waals surface area contributed by atoms with Crippen LogP contribution in [0.2, 0.25) is 0 Å². The Morgan fingerprint density at radius 1 is 1.00 bits per heavy atom. The highest BCUT2D eigenvalue weighted by Crippen LogP contribution is 2.35. The zero-order valence-corrected chi connectivity index (χ0v) is 22.3. The highest BCUT2D eigenvalue weighted by molar-refractivity contribution is 7.92. The molecule has 1 aromatic carbocycles. The fourth-order valence-corrected chi connectivity index (χ4v) is 7.81. The topological polar surface area (TPSA) is 94.0 Å². The summed E-state index contributed by atoms with van der Waals surface area (Å²) in [7, 11) is -3.36. The lowest BCUT2D eigenvalue weighted by molar-refractivity contribution is 0.348. The second-order valence-corrected chi connectivity index (χ2v) is 12.8. The molecule has 0 bridgehead atoms. The van der Waals surface area contributed by atoms with E-state index in [-0.39, 0.29) is 16.9 Å². The minimum absolute atomic E-state index is 0.0118. The van der Waals surface area contributed by atoms with E-state index in [0.717, 1.165) is 74.4 Å². The van der Waals surface area contributed by atoms with E-state index >= 15 is 0 Å². The number of pyridine rings is 1. The molecule has 2 heterocycles. The molecule has 0 aliphatic heterocycles. The van der Waals surface area contributed by atoms with Gasteiger partial charge in [0.15, 0.2) is 9.84 Å². The first kappa shape index (κ1) is 24.9. The van der Waals surface area contributed by atoms with Gasteiger partial charge in [0.05, 0.1) is 10.1 Å². The number of nitrogens with one attached hydrogen (secondary N) is 1. The van der Waals surface area contributed by atoms with Crippen LogP contribution >= 0.6 is 0 Å². The first-order valence-electron chi connectivity index (χ1n) is 13.3. The van der Waals surface area contributed by atoms with Crippen molar-refractivity contribution >= 4 is 32.5 Å². The number of hydrogen-bond acceptors (Lipinski definition) is 6. The van der Waals surface area contributed by atoms with Gasteiger partial charge in [-0.1, -0.05) is 26.2 Å². The number of nitrogens with zero attached hydrogens (tertiary/aromatic N) is 3. The molecule has 1 N–H and O–H groups in total. The van der Waals surface area contributed by atoms with E-state index in [4.69, 9.17) is 4.98 Å². The van der Waals surface area contributed by atoms with E-state index in [1.54, 1.807) is 24.4 Å². The number of aromatic nitrogens is 3. The molecule has 2 aliphatic rings. The Hall–Kier alpha value is -2.74. The van der Waals surface area contributed by atoms with Crippen molar-refractivity contribution in [3.63, 3.8) is 0 Å². The minimum atomic E-state index is -3.36. The second kappa shape index (κ2) is 9.96. The lowest BCUT2D eigenvalue weighted by Gasteiger charge is -2.27. The predicted octanol–water partition coefficient (Wildman–Crippen LogP) is 6.01. The van der Waals surface area contributed by atoms with Gasteiger partial charge in [0, 0.05) is 28.9 Å². The van der Waals surface area contributed by atoms with Gasteiger partial charge in [0.25, 0.3) is 5.56 Å². The van der Waals surface area contributed by atoms with Crippen molar-refractivity contribution in [2.75, 3.05) is 5.32 Å². The fraction of sp³-hybridized carbons (Fsp3) is 0.536. The Kier molecular flexibility index (Phi) is 6.90. The van der Waals surface area contributed by atoms with Gasteiger partial charge in [-0.3, -0.25) is 9.36 Å². The maximum atomic E-state index is 13.3. The van der Waals surface area contributed by atoms with Crippen LogP contribution in [0, 0.1) is 19.8 Å². The van der Waals surface area contributed by atoms with Crippen LogP contribution in [0.3, 0.4) is 0 Å². The molecule has 0 spiro atoms. The smallest absolute Gasteiger partial charge is 0.255 e. The average Bonchev–Trinajstić information content (AvgIpc) is 3.40. The lowest BCUT2D eigenvalue weighted by Crippen LogP contribution is -2.27. The number of anilines is 2. The molecule has 5 rings (SSSR count). The van der Waals surface area contributed by atoms with Gasteiger partial charge in [0.1, 0.15) is 5.65 Å². The summed E-state index contributed by atoms with van der Waals surface area (Å²) in [5, 5.41) is 3.81. The van der Waals surface area contributed by atoms with Crippen molar-refractivity contribution in [1.82, 2.24) is 14.5 Å². The lowest BCUT2D eigenvalue weighted by atomic mass is 9.87. The fourth-order valence-electron chi connectivity index (χ4n) is 5.94. The van der Waals surface area contributed by atoms with Crippen LogP contribution < -0.4 is 10.9 Å². The molecule has 36 heavy (non-hydrogen) atoms.